The lowest BCUT2D eigenvalue weighted by molar-refractivity contribution is 0.0854. The van der Waals surface area contributed by atoms with Crippen LogP contribution in [-0.2, 0) is 4.74 Å². The molecule has 1 atom stereocenters. The summed E-state index contributed by atoms with van der Waals surface area (Å²) in [5.74, 6) is 0.813. The van der Waals surface area contributed by atoms with Gasteiger partial charge in [0.25, 0.3) is 5.95 Å². The average molecular weight is 264 g/mol. The first kappa shape index (κ1) is 13.1. The van der Waals surface area contributed by atoms with Crippen LogP contribution in [0, 0.1) is 0 Å². The molecule has 19 heavy (non-hydrogen) atoms. The van der Waals surface area contributed by atoms with Gasteiger partial charge in [-0.25, -0.2) is 4.98 Å². The molecule has 9 nitrogen and oxygen atoms in total. The van der Waals surface area contributed by atoms with E-state index in [-0.39, 0.29) is 12.1 Å². The Morgan fingerprint density at radius 3 is 2.95 bits per heavy atom. The maximum Gasteiger partial charge on any atom is 0.258 e. The summed E-state index contributed by atoms with van der Waals surface area (Å²) in [6.45, 7) is 5.14. The van der Waals surface area contributed by atoms with Crippen molar-refractivity contribution in [2.24, 2.45) is 0 Å². The zero-order valence-corrected chi connectivity index (χ0v) is 10.8. The number of nitrogens with one attached hydrogen (secondary N) is 1. The molecule has 0 saturated carbocycles. The maximum atomic E-state index is 5.64. The third kappa shape index (κ3) is 3.58. The molecule has 2 aromatic heterocycles. The number of anilines is 2. The summed E-state index contributed by atoms with van der Waals surface area (Å²) in [6.07, 6.45) is 2.93. The lowest BCUT2D eigenvalue weighted by Gasteiger charge is -2.12. The topological polar surface area (TPSA) is 117 Å². The Bertz CT molecular complexity index is 514. The Kier molecular flexibility index (Phi) is 4.18. The van der Waals surface area contributed by atoms with E-state index < -0.39 is 0 Å². The van der Waals surface area contributed by atoms with Crippen LogP contribution < -0.4 is 11.1 Å². The quantitative estimate of drug-likeness (QED) is 0.741. The zero-order valence-electron chi connectivity index (χ0n) is 10.8. The van der Waals surface area contributed by atoms with E-state index in [2.05, 4.69) is 30.4 Å². The second-order valence-corrected chi connectivity index (χ2v) is 3.80. The fourth-order valence-corrected chi connectivity index (χ4v) is 1.45. The van der Waals surface area contributed by atoms with Crippen molar-refractivity contribution in [3.8, 4) is 5.95 Å². The molecule has 0 amide bonds. The molecular weight excluding hydrogens is 248 g/mol. The zero-order chi connectivity index (χ0) is 13.7. The first-order chi connectivity index (χ1) is 9.19. The normalized spacial score (nSPS) is 12.3. The highest BCUT2D eigenvalue weighted by atomic mass is 16.5. The molecule has 0 saturated heterocycles. The number of ether oxygens (including phenoxy) is 1. The van der Waals surface area contributed by atoms with Crippen LogP contribution in [0.15, 0.2) is 12.7 Å². The van der Waals surface area contributed by atoms with Crippen molar-refractivity contribution in [3.63, 3.8) is 0 Å². The van der Waals surface area contributed by atoms with Gasteiger partial charge in [-0.3, -0.25) is 0 Å². The lowest BCUT2D eigenvalue weighted by Crippen LogP contribution is -2.21. The van der Waals surface area contributed by atoms with E-state index in [1.807, 2.05) is 13.8 Å². The van der Waals surface area contributed by atoms with Gasteiger partial charge >= 0.3 is 0 Å². The molecule has 102 valence electrons. The summed E-state index contributed by atoms with van der Waals surface area (Å²) in [6, 6.07) is 0. The molecule has 0 aliphatic carbocycles. The SMILES string of the molecule is CCOC(C)CNc1nc(N)nc(-n2cncn2)n1. The van der Waals surface area contributed by atoms with Crippen molar-refractivity contribution in [1.29, 1.82) is 0 Å². The van der Waals surface area contributed by atoms with Crippen LogP contribution in [0.25, 0.3) is 5.95 Å². The van der Waals surface area contributed by atoms with E-state index in [0.29, 0.717) is 25.0 Å². The van der Waals surface area contributed by atoms with Gasteiger partial charge in [-0.1, -0.05) is 0 Å². The number of nitrogens with zero attached hydrogens (tertiary/aromatic N) is 6. The van der Waals surface area contributed by atoms with Crippen LogP contribution in [0.2, 0.25) is 0 Å². The number of aromatic nitrogens is 6. The molecule has 1 unspecified atom stereocenters. The van der Waals surface area contributed by atoms with Crippen LogP contribution >= 0.6 is 0 Å². The number of hydrogen-bond donors (Lipinski definition) is 2. The maximum absolute atomic E-state index is 5.64. The highest BCUT2D eigenvalue weighted by Crippen LogP contribution is 2.06. The molecule has 0 aliphatic rings. The van der Waals surface area contributed by atoms with E-state index in [1.165, 1.54) is 17.3 Å². The van der Waals surface area contributed by atoms with Crippen LogP contribution in [0.4, 0.5) is 11.9 Å². The summed E-state index contributed by atoms with van der Waals surface area (Å²) in [5.41, 5.74) is 5.64. The van der Waals surface area contributed by atoms with Crippen molar-refractivity contribution in [2.45, 2.75) is 20.0 Å². The molecular formula is C10H16N8O. The predicted molar refractivity (Wildman–Crippen MR) is 68.7 cm³/mol. The van der Waals surface area contributed by atoms with Crippen molar-refractivity contribution >= 4 is 11.9 Å². The third-order valence-electron chi connectivity index (χ3n) is 2.26. The van der Waals surface area contributed by atoms with Gasteiger partial charge in [-0.05, 0) is 13.8 Å². The Morgan fingerprint density at radius 1 is 1.42 bits per heavy atom. The average Bonchev–Trinajstić information content (AvgIpc) is 2.90. The van der Waals surface area contributed by atoms with Crippen LogP contribution in [0.5, 0.6) is 0 Å². The lowest BCUT2D eigenvalue weighted by atomic mass is 10.4. The van der Waals surface area contributed by atoms with Crippen LogP contribution in [-0.4, -0.2) is 49.0 Å². The smallest absolute Gasteiger partial charge is 0.258 e. The number of hydrogen-bond acceptors (Lipinski definition) is 8. The minimum Gasteiger partial charge on any atom is -0.377 e. The van der Waals surface area contributed by atoms with E-state index in [9.17, 15) is 0 Å². The molecule has 0 aromatic carbocycles. The monoisotopic (exact) mass is 264 g/mol. The van der Waals surface area contributed by atoms with Gasteiger partial charge in [-0.15, -0.1) is 0 Å². The Morgan fingerprint density at radius 2 is 2.26 bits per heavy atom. The molecule has 0 bridgehead atoms. The molecule has 0 spiro atoms. The number of rotatable bonds is 6. The number of nitrogens with two attached hydrogens (primary N) is 1. The van der Waals surface area contributed by atoms with Gasteiger partial charge in [0.15, 0.2) is 0 Å². The summed E-state index contributed by atoms with van der Waals surface area (Å²) in [4.78, 5) is 16.0. The van der Waals surface area contributed by atoms with E-state index in [4.69, 9.17) is 10.5 Å². The van der Waals surface area contributed by atoms with E-state index >= 15 is 0 Å². The Balaban J connectivity index is 2.09. The highest BCUT2D eigenvalue weighted by Gasteiger charge is 2.08. The summed E-state index contributed by atoms with van der Waals surface area (Å²) >= 11 is 0. The van der Waals surface area contributed by atoms with E-state index in [0.717, 1.165) is 0 Å². The predicted octanol–water partition coefficient (Wildman–Crippen LogP) is -0.129. The summed E-state index contributed by atoms with van der Waals surface area (Å²) in [5, 5.41) is 6.98. The molecule has 2 aromatic rings. The molecule has 9 heteroatoms. The van der Waals surface area contributed by atoms with Gasteiger partial charge < -0.3 is 15.8 Å². The standard InChI is InChI=1S/C10H16N8O/c1-3-19-7(2)4-13-9-15-8(11)16-10(17-9)18-6-12-5-14-18/h5-7H,3-4H2,1-2H3,(H3,11,13,15,16,17). The Labute approximate surface area is 110 Å². The van der Waals surface area contributed by atoms with Gasteiger partial charge in [0.2, 0.25) is 11.9 Å². The van der Waals surface area contributed by atoms with E-state index in [1.54, 1.807) is 0 Å². The molecule has 3 N–H and O–H groups in total. The fraction of sp³-hybridized carbons (Fsp3) is 0.500. The van der Waals surface area contributed by atoms with Gasteiger partial charge in [0.05, 0.1) is 6.10 Å². The highest BCUT2D eigenvalue weighted by molar-refractivity contribution is 5.34. The minimum absolute atomic E-state index is 0.0535. The molecule has 0 radical (unpaired) electrons. The molecule has 2 heterocycles. The first-order valence-corrected chi connectivity index (χ1v) is 5.91. The second-order valence-electron chi connectivity index (χ2n) is 3.80. The third-order valence-corrected chi connectivity index (χ3v) is 2.26. The summed E-state index contributed by atoms with van der Waals surface area (Å²) in [7, 11) is 0. The van der Waals surface area contributed by atoms with Crippen LogP contribution in [0.3, 0.4) is 0 Å². The molecule has 0 fully saturated rings. The second kappa shape index (κ2) is 6.05. The van der Waals surface area contributed by atoms with Crippen molar-refractivity contribution in [2.75, 3.05) is 24.2 Å². The van der Waals surface area contributed by atoms with Crippen molar-refractivity contribution < 1.29 is 4.74 Å². The Hall–Kier alpha value is -2.29. The minimum atomic E-state index is 0.0535. The fourth-order valence-electron chi connectivity index (χ4n) is 1.45. The summed E-state index contributed by atoms with van der Waals surface area (Å²) < 4.78 is 6.82. The van der Waals surface area contributed by atoms with Gasteiger partial charge in [0.1, 0.15) is 12.7 Å². The van der Waals surface area contributed by atoms with Gasteiger partial charge in [0, 0.05) is 13.2 Å². The molecule has 0 aliphatic heterocycles. The van der Waals surface area contributed by atoms with Crippen LogP contribution in [0.1, 0.15) is 13.8 Å². The largest absolute Gasteiger partial charge is 0.377 e. The van der Waals surface area contributed by atoms with Crippen molar-refractivity contribution in [1.82, 2.24) is 29.7 Å². The number of nitrogen functional groups attached to an aromatic ring is 1. The van der Waals surface area contributed by atoms with Gasteiger partial charge in [-0.2, -0.15) is 24.7 Å². The molecule has 2 rings (SSSR count). The first-order valence-electron chi connectivity index (χ1n) is 5.91. The van der Waals surface area contributed by atoms with Crippen molar-refractivity contribution in [3.05, 3.63) is 12.7 Å².